The summed E-state index contributed by atoms with van der Waals surface area (Å²) in [6.07, 6.45) is 2.61. The average molecular weight is 692 g/mol. The summed E-state index contributed by atoms with van der Waals surface area (Å²) in [5, 5.41) is 46.1. The van der Waals surface area contributed by atoms with Crippen molar-refractivity contribution in [2.24, 2.45) is 4.99 Å². The summed E-state index contributed by atoms with van der Waals surface area (Å²) in [6, 6.07) is 27.6. The van der Waals surface area contributed by atoms with Crippen molar-refractivity contribution in [3.05, 3.63) is 127 Å². The molecule has 0 bridgehead atoms. The maximum Gasteiger partial charge on any atom is 0.417 e. The Labute approximate surface area is 292 Å². The fraction of sp³-hybridized carbons (Fsp3) is 0.250. The second-order valence-corrected chi connectivity index (χ2v) is 12.3. The molecule has 7 rings (SSSR count). The number of nitrogens with one attached hydrogen (secondary N) is 3. The third-order valence-electron chi connectivity index (χ3n) is 9.04. The first-order valence-corrected chi connectivity index (χ1v) is 16.5. The molecule has 0 radical (unpaired) electrons. The number of imidazole rings is 1. The highest BCUT2D eigenvalue weighted by Crippen LogP contribution is 2.39. The van der Waals surface area contributed by atoms with Crippen LogP contribution in [0.2, 0.25) is 0 Å². The number of aliphatic hydroxyl groups excluding tert-OH is 3. The van der Waals surface area contributed by atoms with Crippen molar-refractivity contribution in [2.45, 2.75) is 42.8 Å². The van der Waals surface area contributed by atoms with Gasteiger partial charge in [-0.1, -0.05) is 78.9 Å². The lowest BCUT2D eigenvalue weighted by molar-refractivity contribution is -0.125. The zero-order valence-electron chi connectivity index (χ0n) is 27.3. The number of benzene rings is 3. The summed E-state index contributed by atoms with van der Waals surface area (Å²) in [7, 11) is 0. The van der Waals surface area contributed by atoms with E-state index in [1.165, 1.54) is 11.0 Å². The molecule has 2 aliphatic rings. The summed E-state index contributed by atoms with van der Waals surface area (Å²) in [5.74, 6) is 0.155. The van der Waals surface area contributed by atoms with E-state index in [1.807, 2.05) is 42.5 Å². The van der Waals surface area contributed by atoms with E-state index < -0.39 is 49.1 Å². The lowest BCUT2D eigenvalue weighted by Gasteiger charge is -2.33. The Hall–Kier alpha value is -5.87. The molecule has 15 nitrogen and oxygen atoms in total. The number of rotatable bonds is 11. The first-order chi connectivity index (χ1) is 24.9. The molecule has 5 aromatic rings. The van der Waals surface area contributed by atoms with Crippen LogP contribution in [0.1, 0.15) is 41.4 Å². The predicted octanol–water partition coefficient (Wildman–Crippen LogP) is 2.57. The maximum absolute atomic E-state index is 12.6. The van der Waals surface area contributed by atoms with Gasteiger partial charge in [0.15, 0.2) is 5.82 Å². The molecule has 3 heterocycles. The predicted molar refractivity (Wildman–Crippen MR) is 187 cm³/mol. The summed E-state index contributed by atoms with van der Waals surface area (Å²) < 4.78 is 7.06. The van der Waals surface area contributed by atoms with Gasteiger partial charge in [0.2, 0.25) is 5.91 Å². The lowest BCUT2D eigenvalue weighted by Crippen LogP contribution is -2.47. The molecule has 1 unspecified atom stereocenters. The van der Waals surface area contributed by atoms with Gasteiger partial charge in [-0.25, -0.2) is 19.8 Å². The van der Waals surface area contributed by atoms with Gasteiger partial charge < -0.3 is 29.9 Å². The Balaban J connectivity index is 1.18. The lowest BCUT2D eigenvalue weighted by atomic mass is 9.91. The van der Waals surface area contributed by atoms with Gasteiger partial charge in [-0.05, 0) is 29.7 Å². The zero-order chi connectivity index (χ0) is 35.3. The van der Waals surface area contributed by atoms with Gasteiger partial charge >= 0.3 is 6.09 Å². The molecule has 15 heteroatoms. The van der Waals surface area contributed by atoms with Crippen molar-refractivity contribution in [3.63, 3.8) is 0 Å². The largest absolute Gasteiger partial charge is 0.417 e. The van der Waals surface area contributed by atoms with E-state index in [2.05, 4.69) is 45.3 Å². The van der Waals surface area contributed by atoms with Gasteiger partial charge in [0.25, 0.3) is 0 Å². The highest BCUT2D eigenvalue weighted by atomic mass is 16.6. The van der Waals surface area contributed by atoms with Crippen molar-refractivity contribution in [2.75, 3.05) is 23.5 Å². The number of aromatic nitrogens is 4. The summed E-state index contributed by atoms with van der Waals surface area (Å²) in [6.45, 7) is -0.255. The summed E-state index contributed by atoms with van der Waals surface area (Å²) in [4.78, 5) is 35.5. The SMILES string of the molecule is O=C(CO)N[C@H]1C[C@@H](n2cnc3c2N=CN(n2cc(NC(=O)Oc4ccccc4)cn2)C3NCC(c2ccccc2)c2ccccc2)[C@H](O)[C@@H]1O. The van der Waals surface area contributed by atoms with Crippen molar-refractivity contribution >= 4 is 29.8 Å². The molecule has 6 N–H and O–H groups in total. The molecule has 1 aliphatic carbocycles. The molecule has 2 amide bonds. The summed E-state index contributed by atoms with van der Waals surface area (Å²) in [5.41, 5.74) is 3.12. The van der Waals surface area contributed by atoms with Gasteiger partial charge in [0, 0.05) is 12.5 Å². The van der Waals surface area contributed by atoms with Crippen molar-refractivity contribution in [3.8, 4) is 5.75 Å². The van der Waals surface area contributed by atoms with Crippen LogP contribution in [0.25, 0.3) is 0 Å². The first kappa shape index (κ1) is 33.6. The summed E-state index contributed by atoms with van der Waals surface area (Å²) >= 11 is 0. The van der Waals surface area contributed by atoms with E-state index in [9.17, 15) is 24.9 Å². The number of aliphatic imine (C=N–C) groups is 1. The van der Waals surface area contributed by atoms with Crippen LogP contribution in [-0.2, 0) is 4.79 Å². The zero-order valence-corrected chi connectivity index (χ0v) is 27.3. The van der Waals surface area contributed by atoms with Gasteiger partial charge in [-0.3, -0.25) is 15.4 Å². The highest BCUT2D eigenvalue weighted by molar-refractivity contribution is 5.86. The topological polar surface area (TPSA) is 191 Å². The minimum atomic E-state index is -1.26. The quantitative estimate of drug-likeness (QED) is 0.120. The Morgan fingerprint density at radius 2 is 1.59 bits per heavy atom. The van der Waals surface area contributed by atoms with Gasteiger partial charge in [0.05, 0.1) is 36.5 Å². The van der Waals surface area contributed by atoms with Crippen LogP contribution >= 0.6 is 0 Å². The Morgan fingerprint density at radius 3 is 2.25 bits per heavy atom. The van der Waals surface area contributed by atoms with E-state index in [0.29, 0.717) is 29.5 Å². The van der Waals surface area contributed by atoms with Gasteiger partial charge in [0.1, 0.15) is 42.8 Å². The van der Waals surface area contributed by atoms with Crippen molar-refractivity contribution < 1.29 is 29.6 Å². The molecular weight excluding hydrogens is 654 g/mol. The standard InChI is InChI=1S/C36H37N9O6/c46-20-30(47)42-28-16-29(33(49)32(28)48)43-21-38-31-34(43)39-22-44(45-19-25(17-40-45)41-36(50)51-26-14-8-3-9-15-26)35(31)37-18-27(23-10-4-1-5-11-23)24-12-6-2-7-13-24/h1-15,17,19,21-22,27-29,32-33,35,37,46,48-49H,16,18,20H2,(H,41,50)(H,42,47)/t28-,29+,32+,33-,35?/m0/s1. The number of hydrogen-bond acceptors (Lipinski definition) is 11. The van der Waals surface area contributed by atoms with Gasteiger partial charge in [-0.15, -0.1) is 0 Å². The fourth-order valence-electron chi connectivity index (χ4n) is 6.55. The molecule has 0 saturated heterocycles. The molecule has 3 aromatic carbocycles. The molecule has 2 aromatic heterocycles. The van der Waals surface area contributed by atoms with Crippen molar-refractivity contribution in [1.82, 2.24) is 30.1 Å². The number of anilines is 1. The number of nitrogens with zero attached hydrogens (tertiary/aromatic N) is 6. The van der Waals surface area contributed by atoms with Crippen LogP contribution < -0.4 is 25.7 Å². The minimum Gasteiger partial charge on any atom is -0.410 e. The van der Waals surface area contributed by atoms with E-state index in [4.69, 9.17) is 14.7 Å². The fourth-order valence-corrected chi connectivity index (χ4v) is 6.55. The minimum absolute atomic E-state index is 0.0380. The second-order valence-electron chi connectivity index (χ2n) is 12.3. The maximum atomic E-state index is 12.6. The Kier molecular flexibility index (Phi) is 9.85. The van der Waals surface area contributed by atoms with Gasteiger partial charge in [-0.2, -0.15) is 9.89 Å². The second kappa shape index (κ2) is 14.9. The molecule has 1 saturated carbocycles. The number of aliphatic hydroxyl groups is 3. The third kappa shape index (κ3) is 7.22. The molecular formula is C36H37N9O6. The van der Waals surface area contributed by atoms with Crippen LogP contribution in [0.3, 0.4) is 0 Å². The molecule has 1 aliphatic heterocycles. The van der Waals surface area contributed by atoms with Crippen LogP contribution in [0.5, 0.6) is 5.75 Å². The number of carbonyl (C=O) groups is 2. The average Bonchev–Trinajstić information content (AvgIpc) is 3.87. The number of para-hydroxylation sites is 1. The molecule has 1 fully saturated rings. The third-order valence-corrected chi connectivity index (χ3v) is 9.04. The van der Waals surface area contributed by atoms with Crippen LogP contribution in [0.15, 0.2) is 115 Å². The van der Waals surface area contributed by atoms with E-state index in [1.54, 1.807) is 52.7 Å². The number of amides is 2. The Morgan fingerprint density at radius 1 is 0.922 bits per heavy atom. The molecule has 0 spiro atoms. The number of carbonyl (C=O) groups excluding carboxylic acids is 2. The number of ether oxygens (including phenoxy) is 1. The first-order valence-electron chi connectivity index (χ1n) is 16.5. The number of fused-ring (bicyclic) bond motifs is 1. The molecule has 5 atom stereocenters. The number of hydrogen-bond donors (Lipinski definition) is 6. The molecule has 51 heavy (non-hydrogen) atoms. The van der Waals surface area contributed by atoms with Crippen LogP contribution in [-0.4, -0.2) is 84.5 Å². The Bertz CT molecular complexity index is 1930. The van der Waals surface area contributed by atoms with Crippen molar-refractivity contribution in [1.29, 1.82) is 0 Å². The smallest absolute Gasteiger partial charge is 0.410 e. The monoisotopic (exact) mass is 691 g/mol. The highest BCUT2D eigenvalue weighted by Gasteiger charge is 2.45. The van der Waals surface area contributed by atoms with Crippen LogP contribution in [0, 0.1) is 0 Å². The molecule has 262 valence electrons. The van der Waals surface area contributed by atoms with E-state index in [-0.39, 0.29) is 12.3 Å². The van der Waals surface area contributed by atoms with E-state index in [0.717, 1.165) is 11.1 Å². The van der Waals surface area contributed by atoms with E-state index >= 15 is 0 Å². The normalized spacial score (nSPS) is 21.0. The van der Waals surface area contributed by atoms with Crippen LogP contribution in [0.4, 0.5) is 16.3 Å².